The molecule has 0 spiro atoms. The molecule has 0 aliphatic rings. The third kappa shape index (κ3) is 85.0. The molecule has 0 aromatic carbocycles. The first-order chi connectivity index (χ1) is 2.91. The molecule has 0 aliphatic carbocycles. The van der Waals surface area contributed by atoms with Crippen molar-refractivity contribution < 1.29 is 47.3 Å². The van der Waals surface area contributed by atoms with Crippen molar-refractivity contribution >= 4 is 6.47 Å². The van der Waals surface area contributed by atoms with Crippen molar-refractivity contribution in [3.05, 3.63) is 7.43 Å². The Morgan fingerprint density at radius 1 is 1.50 bits per heavy atom. The summed E-state index contributed by atoms with van der Waals surface area (Å²) in [6, 6.07) is 0. The van der Waals surface area contributed by atoms with E-state index in [4.69, 9.17) is 9.90 Å². The first-order valence-corrected chi connectivity index (χ1v) is 1.26. The minimum atomic E-state index is 0. The normalized spacial score (nSPS) is 3.38. The van der Waals surface area contributed by atoms with Gasteiger partial charge < -0.3 is 22.1 Å². The van der Waals surface area contributed by atoms with Crippen LogP contribution < -0.4 is 0 Å². The van der Waals surface area contributed by atoms with Crippen LogP contribution in [0.25, 0.3) is 0 Å². The van der Waals surface area contributed by atoms with Gasteiger partial charge in [-0.15, -0.1) is 0 Å². The fourth-order valence-electron chi connectivity index (χ4n) is 0. The van der Waals surface area contributed by atoms with Crippen LogP contribution in [0.15, 0.2) is 0 Å². The van der Waals surface area contributed by atoms with Gasteiger partial charge in [0.25, 0.3) is 0 Å². The predicted octanol–water partition coefficient (Wildman–Crippen LogP) is -0.244. The zero-order valence-corrected chi connectivity index (χ0v) is 8.18. The Hall–Kier alpha value is 0.534. The number of carbonyl (C=O) groups excluding carboxylic acids is 1. The van der Waals surface area contributed by atoms with Gasteiger partial charge in [0.05, 0.1) is 0 Å². The van der Waals surface area contributed by atoms with E-state index in [2.05, 4.69) is 4.74 Å². The Balaban J connectivity index is -0.0000000183. The summed E-state index contributed by atoms with van der Waals surface area (Å²) in [5.41, 5.74) is 0. The van der Waals surface area contributed by atoms with Gasteiger partial charge in [0.1, 0.15) is 0 Å². The van der Waals surface area contributed by atoms with Gasteiger partial charge in [-0.2, -0.15) is 0 Å². The summed E-state index contributed by atoms with van der Waals surface area (Å²) < 4.78 is 3.74. The molecule has 0 saturated carbocycles. The molecule has 0 amide bonds. The van der Waals surface area contributed by atoms with E-state index in [-0.39, 0.29) is 40.1 Å². The van der Waals surface area contributed by atoms with Crippen LogP contribution in [0.4, 0.5) is 0 Å². The van der Waals surface area contributed by atoms with Gasteiger partial charge in [0, 0.05) is 46.9 Å². The molecule has 49 valence electrons. The van der Waals surface area contributed by atoms with Gasteiger partial charge in [-0.25, -0.2) is 0 Å². The smallest absolute Gasteiger partial charge is 0.0362 e. The molecule has 0 saturated heterocycles. The molecule has 1 N–H and O–H groups in total. The third-order valence-corrected chi connectivity index (χ3v) is 0.0833. The maximum atomic E-state index is 8.83. The standard InChI is InChI=1S/C2H3O2.CH4O.CH3.Y/c1-4-2-3;1-2;;/h1H3;2H,1H3;1H3;/q-1;;-1;. The van der Waals surface area contributed by atoms with Crippen LogP contribution in [0.1, 0.15) is 0 Å². The van der Waals surface area contributed by atoms with E-state index in [1.807, 2.05) is 0 Å². The van der Waals surface area contributed by atoms with E-state index in [0.717, 1.165) is 7.11 Å². The van der Waals surface area contributed by atoms with E-state index in [1.165, 1.54) is 13.6 Å². The molecular formula is C4H10O3Y-2. The zero-order valence-electron chi connectivity index (χ0n) is 5.34. The van der Waals surface area contributed by atoms with Crippen LogP contribution >= 0.6 is 0 Å². The first kappa shape index (κ1) is 23.6. The molecule has 3 nitrogen and oxygen atoms in total. The van der Waals surface area contributed by atoms with Crippen molar-refractivity contribution in [3.8, 4) is 0 Å². The molecule has 0 bridgehead atoms. The average molecular weight is 195 g/mol. The molecule has 0 aromatic rings. The molecule has 0 aliphatic heterocycles. The average Bonchev–Trinajstić information content (AvgIpc) is 1.72. The van der Waals surface area contributed by atoms with Crippen molar-refractivity contribution in [1.29, 1.82) is 0 Å². The molecule has 0 fully saturated rings. The molecular weight excluding hydrogens is 185 g/mol. The summed E-state index contributed by atoms with van der Waals surface area (Å²) in [6.45, 7) is 1.18. The van der Waals surface area contributed by atoms with Gasteiger partial charge in [-0.05, 0) is 0 Å². The van der Waals surface area contributed by atoms with Crippen molar-refractivity contribution in [1.82, 2.24) is 0 Å². The van der Waals surface area contributed by atoms with E-state index in [1.54, 1.807) is 0 Å². The van der Waals surface area contributed by atoms with Crippen LogP contribution in [-0.2, 0) is 42.2 Å². The van der Waals surface area contributed by atoms with E-state index >= 15 is 0 Å². The fraction of sp³-hybridized carbons (Fsp3) is 0.500. The van der Waals surface area contributed by atoms with E-state index in [9.17, 15) is 0 Å². The summed E-state index contributed by atoms with van der Waals surface area (Å²) >= 11 is 0. The maximum absolute atomic E-state index is 8.83. The minimum absolute atomic E-state index is 0. The van der Waals surface area contributed by atoms with Crippen molar-refractivity contribution in [3.63, 3.8) is 0 Å². The Morgan fingerprint density at radius 2 is 1.62 bits per heavy atom. The topological polar surface area (TPSA) is 46.5 Å². The van der Waals surface area contributed by atoms with Crippen LogP contribution in [0.3, 0.4) is 0 Å². The van der Waals surface area contributed by atoms with Crippen LogP contribution in [0.2, 0.25) is 0 Å². The number of methoxy groups -OCH3 is 1. The van der Waals surface area contributed by atoms with E-state index in [0.29, 0.717) is 0 Å². The molecule has 8 heavy (non-hydrogen) atoms. The largest absolute Gasteiger partial charge is 0.655 e. The Kier molecular flexibility index (Phi) is 148. The minimum Gasteiger partial charge on any atom is -0.655 e. The summed E-state index contributed by atoms with van der Waals surface area (Å²) in [5.74, 6) is 0. The Bertz CT molecular complexity index is 25.2. The SMILES string of the molecule is CO.CO[C-]=O.[CH3-].[Y]. The number of aliphatic hydroxyl groups excluding tert-OH is 1. The van der Waals surface area contributed by atoms with Gasteiger partial charge in [-0.3, -0.25) is 0 Å². The second-order valence-corrected chi connectivity index (χ2v) is 0.287. The van der Waals surface area contributed by atoms with Crippen molar-refractivity contribution in [2.24, 2.45) is 0 Å². The van der Waals surface area contributed by atoms with Crippen molar-refractivity contribution in [2.75, 3.05) is 14.2 Å². The van der Waals surface area contributed by atoms with Crippen molar-refractivity contribution in [2.45, 2.75) is 0 Å². The number of hydrogen-bond donors (Lipinski definition) is 1. The predicted molar refractivity (Wildman–Crippen MR) is 27.3 cm³/mol. The Morgan fingerprint density at radius 3 is 1.62 bits per heavy atom. The van der Waals surface area contributed by atoms with Gasteiger partial charge in [-0.1, -0.05) is 6.47 Å². The second kappa shape index (κ2) is 50.1. The second-order valence-electron chi connectivity index (χ2n) is 0.287. The quantitative estimate of drug-likeness (QED) is 0.587. The summed E-state index contributed by atoms with van der Waals surface area (Å²) in [5, 5.41) is 7.00. The molecule has 0 aromatic heterocycles. The van der Waals surface area contributed by atoms with Gasteiger partial charge in [0.15, 0.2) is 0 Å². The molecule has 4 heteroatoms. The molecule has 0 rings (SSSR count). The maximum Gasteiger partial charge on any atom is 0.0362 e. The summed E-state index contributed by atoms with van der Waals surface area (Å²) in [4.78, 5) is 8.83. The zero-order chi connectivity index (χ0) is 5.41. The van der Waals surface area contributed by atoms with Crippen LogP contribution in [0.5, 0.6) is 0 Å². The Labute approximate surface area is 75.3 Å². The number of aliphatic hydroxyl groups is 1. The van der Waals surface area contributed by atoms with Gasteiger partial charge in [0.2, 0.25) is 0 Å². The number of ether oxygens (including phenoxy) is 1. The van der Waals surface area contributed by atoms with Gasteiger partial charge >= 0.3 is 0 Å². The number of rotatable bonds is 1. The molecule has 1 radical (unpaired) electrons. The first-order valence-electron chi connectivity index (χ1n) is 1.26. The molecule has 0 unspecified atom stereocenters. The number of hydrogen-bond acceptors (Lipinski definition) is 3. The van der Waals surface area contributed by atoms with Crippen LogP contribution in [-0.4, -0.2) is 25.8 Å². The molecule has 0 heterocycles. The summed E-state index contributed by atoms with van der Waals surface area (Å²) in [6.07, 6.45) is 0. The monoisotopic (exact) mass is 195 g/mol. The third-order valence-electron chi connectivity index (χ3n) is 0.0833. The molecule has 0 atom stereocenters. The fourth-order valence-corrected chi connectivity index (χ4v) is 0. The van der Waals surface area contributed by atoms with Crippen LogP contribution in [0, 0.1) is 7.43 Å². The summed E-state index contributed by atoms with van der Waals surface area (Å²) in [7, 11) is 2.26. The van der Waals surface area contributed by atoms with E-state index < -0.39 is 0 Å².